The summed E-state index contributed by atoms with van der Waals surface area (Å²) in [5.41, 5.74) is 5.72. The van der Waals surface area contributed by atoms with E-state index in [0.717, 1.165) is 22.3 Å². The molecule has 2 aliphatic heterocycles. The van der Waals surface area contributed by atoms with Gasteiger partial charge >= 0.3 is 0 Å². The predicted octanol–water partition coefficient (Wildman–Crippen LogP) is 13.0. The van der Waals surface area contributed by atoms with E-state index in [1.165, 1.54) is 60.7 Å². The first kappa shape index (κ1) is 56.6. The Morgan fingerprint density at radius 2 is 0.679 bits per heavy atom. The van der Waals surface area contributed by atoms with E-state index in [9.17, 15) is 38.4 Å². The summed E-state index contributed by atoms with van der Waals surface area (Å²) in [6.45, 7) is 14.2. The molecule has 2 heterocycles. The van der Waals surface area contributed by atoms with Gasteiger partial charge in [-0.3, -0.25) is 38.4 Å². The second kappa shape index (κ2) is 21.5. The molecule has 420 valence electrons. The lowest BCUT2D eigenvalue weighted by atomic mass is 9.82. The van der Waals surface area contributed by atoms with Gasteiger partial charge in [0.1, 0.15) is 11.5 Å². The molecule has 8 aromatic carbocycles. The Morgan fingerprint density at radius 1 is 0.369 bits per heavy atom. The van der Waals surface area contributed by atoms with Crippen LogP contribution in [0.2, 0.25) is 0 Å². The molecule has 0 fully saturated rings. The number of hydrogen-bond donors (Lipinski definition) is 2. The van der Waals surface area contributed by atoms with Crippen LogP contribution in [0.15, 0.2) is 133 Å². The van der Waals surface area contributed by atoms with E-state index < -0.39 is 59.8 Å². The van der Waals surface area contributed by atoms with Crippen LogP contribution in [0.5, 0.6) is 11.5 Å². The zero-order chi connectivity index (χ0) is 59.8. The number of carbonyl (C=O) groups excluding carboxylic acids is 8. The molecule has 84 heavy (non-hydrogen) atoms. The number of carbonyl (C=O) groups is 8. The summed E-state index contributed by atoms with van der Waals surface area (Å²) in [6, 6.07) is 35.5. The molecule has 8 aromatic rings. The molecular formula is C68H56N2O12P2. The highest BCUT2D eigenvalue weighted by Crippen LogP contribution is 2.59. The van der Waals surface area contributed by atoms with Crippen molar-refractivity contribution in [2.24, 2.45) is 0 Å². The molecule has 0 saturated heterocycles. The highest BCUT2D eigenvalue weighted by atomic mass is 31.2. The molecule has 0 unspecified atom stereocenters. The van der Waals surface area contributed by atoms with Crippen LogP contribution in [0.4, 0.5) is 11.4 Å². The smallest absolute Gasteiger partial charge is 0.248 e. The minimum absolute atomic E-state index is 0.00164. The third-order valence-corrected chi connectivity index (χ3v) is 20.9. The number of benzene rings is 8. The Bertz CT molecular complexity index is 4010. The van der Waals surface area contributed by atoms with E-state index in [1.807, 2.05) is 76.2 Å². The van der Waals surface area contributed by atoms with Crippen molar-refractivity contribution in [3.8, 4) is 33.8 Å². The molecule has 0 saturated carbocycles. The van der Waals surface area contributed by atoms with Crippen molar-refractivity contribution in [3.63, 3.8) is 0 Å². The van der Waals surface area contributed by atoms with Gasteiger partial charge in [-0.15, -0.1) is 0 Å². The van der Waals surface area contributed by atoms with Crippen molar-refractivity contribution < 1.29 is 57.0 Å². The van der Waals surface area contributed by atoms with Crippen molar-refractivity contribution in [2.45, 2.75) is 68.2 Å². The second-order valence-corrected chi connectivity index (χ2v) is 27.0. The molecule has 16 heteroatoms. The standard InChI is InChI=1S/C68H56N2O12P2/c1-35-25-39(5)57-49(29-35)50-30-36(2)26-40(6)58(50)66(76)83(79,65(57)75)45-15-11-13-43(33-45)81-23-21-55(71)69-53-19-20-54(62-61(53)63(73)47-17-9-10-18-48(47)64(62)74)70-56(72)22-24-82-44-14-12-16-46(34-44)84(80)67(77)59-41(7)27-37(3)31-51(59)52-32-38(4)28-42(8)60(52)68(84)78/h9-20,25-34H,21-24H2,1-8H3,(H,69,71)(H,70,72). The van der Waals surface area contributed by atoms with Crippen molar-refractivity contribution in [2.75, 3.05) is 23.8 Å². The molecule has 2 amide bonds. The maximum absolute atomic E-state index is 15.3. The molecular weight excluding hydrogens is 1100 g/mol. The maximum atomic E-state index is 15.3. The molecule has 0 spiro atoms. The number of aryl methyl sites for hydroxylation is 8. The summed E-state index contributed by atoms with van der Waals surface area (Å²) in [5.74, 6) is -2.09. The van der Waals surface area contributed by atoms with Crippen molar-refractivity contribution >= 4 is 81.7 Å². The molecule has 3 aliphatic rings. The van der Waals surface area contributed by atoms with Crippen LogP contribution in [-0.4, -0.2) is 58.7 Å². The quantitative estimate of drug-likeness (QED) is 0.109. The topological polar surface area (TPSA) is 213 Å². The minimum Gasteiger partial charge on any atom is -0.493 e. The number of nitrogens with one attached hydrogen (secondary N) is 2. The van der Waals surface area contributed by atoms with Gasteiger partial charge in [-0.05, 0) is 136 Å². The summed E-state index contributed by atoms with van der Waals surface area (Å²) in [7, 11) is -9.06. The number of ether oxygens (including phenoxy) is 2. The number of amides is 2. The van der Waals surface area contributed by atoms with Gasteiger partial charge in [0, 0.05) is 44.0 Å². The van der Waals surface area contributed by atoms with Gasteiger partial charge in [-0.1, -0.05) is 119 Å². The van der Waals surface area contributed by atoms with E-state index in [2.05, 4.69) is 10.6 Å². The third kappa shape index (κ3) is 9.49. The molecule has 0 bridgehead atoms. The van der Waals surface area contributed by atoms with Crippen LogP contribution in [0, 0.1) is 55.4 Å². The average molecular weight is 1160 g/mol. The molecule has 2 N–H and O–H groups in total. The summed E-state index contributed by atoms with van der Waals surface area (Å²) >= 11 is 0. The van der Waals surface area contributed by atoms with E-state index in [4.69, 9.17) is 9.47 Å². The monoisotopic (exact) mass is 1150 g/mol. The van der Waals surface area contributed by atoms with Crippen LogP contribution in [0.3, 0.4) is 0 Å². The van der Waals surface area contributed by atoms with Gasteiger partial charge < -0.3 is 29.2 Å². The van der Waals surface area contributed by atoms with Gasteiger partial charge in [-0.2, -0.15) is 0 Å². The molecule has 11 rings (SSSR count). The first-order valence-electron chi connectivity index (χ1n) is 27.3. The summed E-state index contributed by atoms with van der Waals surface area (Å²) in [4.78, 5) is 115. The van der Waals surface area contributed by atoms with Gasteiger partial charge in [0.25, 0.3) is 0 Å². The Balaban J connectivity index is 0.795. The largest absolute Gasteiger partial charge is 0.493 e. The van der Waals surface area contributed by atoms with Gasteiger partial charge in [-0.25, -0.2) is 0 Å². The molecule has 0 radical (unpaired) electrons. The van der Waals surface area contributed by atoms with Gasteiger partial charge in [0.05, 0.1) is 48.6 Å². The van der Waals surface area contributed by atoms with E-state index >= 15 is 9.13 Å². The number of anilines is 2. The highest BCUT2D eigenvalue weighted by Gasteiger charge is 2.50. The van der Waals surface area contributed by atoms with Crippen molar-refractivity contribution in [1.82, 2.24) is 0 Å². The highest BCUT2D eigenvalue weighted by molar-refractivity contribution is 8.01. The van der Waals surface area contributed by atoms with Crippen LogP contribution < -0.4 is 30.7 Å². The Hall–Kier alpha value is -9.22. The Labute approximate surface area is 484 Å². The molecule has 1 aliphatic carbocycles. The normalized spacial score (nSPS) is 14.4. The van der Waals surface area contributed by atoms with Crippen molar-refractivity contribution in [3.05, 3.63) is 222 Å². The lowest BCUT2D eigenvalue weighted by Crippen LogP contribution is -2.27. The average Bonchev–Trinajstić information content (AvgIpc) is 1.70. The lowest BCUT2D eigenvalue weighted by Gasteiger charge is -2.23. The lowest BCUT2D eigenvalue weighted by molar-refractivity contribution is -0.117. The fourth-order valence-corrected chi connectivity index (χ4v) is 17.0. The minimum atomic E-state index is -4.53. The SMILES string of the molecule is Cc1cc(C)c2c(c1)-c1cc(C)cc(C)c1C(=O)P(=O)(c1cccc(OCCC(=O)Nc3ccc(NC(=O)CCOc4cccc(P5(=O)C(=O)c6c(C)cc(C)cc6-c6cc(C)cc(C)c6C5=O)c4)c4c3C(=O)c3ccccc3C4=O)c1)C2=O. The van der Waals surface area contributed by atoms with Crippen LogP contribution in [0.25, 0.3) is 22.3 Å². The summed E-state index contributed by atoms with van der Waals surface area (Å²) in [6.07, 6.45) is -0.561. The van der Waals surface area contributed by atoms with Crippen LogP contribution >= 0.6 is 14.3 Å². The number of fused-ring (bicyclic) bond motifs is 8. The summed E-state index contributed by atoms with van der Waals surface area (Å²) < 4.78 is 42.7. The fraction of sp³-hybridized carbons (Fsp3) is 0.176. The van der Waals surface area contributed by atoms with Gasteiger partial charge in [0.15, 0.2) is 11.6 Å². The molecule has 0 atom stereocenters. The van der Waals surface area contributed by atoms with Gasteiger partial charge in [0.2, 0.25) is 48.2 Å². The van der Waals surface area contributed by atoms with E-state index in [1.54, 1.807) is 52.0 Å². The van der Waals surface area contributed by atoms with E-state index in [-0.39, 0.29) is 104 Å². The zero-order valence-corrected chi connectivity index (χ0v) is 49.1. The molecule has 0 aromatic heterocycles. The zero-order valence-electron chi connectivity index (χ0n) is 47.3. The number of ketones is 2. The van der Waals surface area contributed by atoms with Crippen LogP contribution in [0.1, 0.15) is 131 Å². The van der Waals surface area contributed by atoms with Crippen LogP contribution in [-0.2, 0) is 18.7 Å². The summed E-state index contributed by atoms with van der Waals surface area (Å²) in [5, 5.41) is 5.43. The molecule has 14 nitrogen and oxygen atoms in total. The Morgan fingerprint density at radius 3 is 0.988 bits per heavy atom. The number of rotatable bonds is 12. The third-order valence-electron chi connectivity index (χ3n) is 15.7. The maximum Gasteiger partial charge on any atom is 0.248 e. The van der Waals surface area contributed by atoms with Crippen molar-refractivity contribution in [1.29, 1.82) is 0 Å². The first-order chi connectivity index (χ1) is 40.0. The Kier molecular flexibility index (Phi) is 14.5. The second-order valence-electron chi connectivity index (χ2n) is 21.9. The van der Waals surface area contributed by atoms with E-state index in [0.29, 0.717) is 44.5 Å². The first-order valence-corrected chi connectivity index (χ1v) is 30.7. The predicted molar refractivity (Wildman–Crippen MR) is 324 cm³/mol. The number of hydrogen-bond acceptors (Lipinski definition) is 12. The fourth-order valence-electron chi connectivity index (χ4n) is 12.1.